The maximum Gasteiger partial charge on any atom is 0.317 e. The molecule has 1 fully saturated rings. The Kier molecular flexibility index (Phi) is 7.61. The van der Waals surface area contributed by atoms with E-state index >= 15 is 0 Å². The van der Waals surface area contributed by atoms with Crippen molar-refractivity contribution in [1.29, 1.82) is 0 Å². The number of para-hydroxylation sites is 2. The predicted molar refractivity (Wildman–Crippen MR) is 166 cm³/mol. The lowest BCUT2D eigenvalue weighted by Crippen LogP contribution is -2.43. The minimum Gasteiger partial charge on any atom is -0.507 e. The average molecular weight is 565 g/mol. The maximum atomic E-state index is 14.0. The summed E-state index contributed by atoms with van der Waals surface area (Å²) in [5.74, 6) is 0.0716. The number of aromatic amines is 1. The van der Waals surface area contributed by atoms with Gasteiger partial charge in [-0.05, 0) is 67.1 Å². The van der Waals surface area contributed by atoms with Crippen LogP contribution in [0.4, 0.5) is 4.79 Å². The number of aromatic nitrogens is 2. The number of H-pyrrole nitrogens is 1. The van der Waals surface area contributed by atoms with E-state index in [2.05, 4.69) is 16.4 Å². The number of hydrogen-bond acceptors (Lipinski definition) is 4. The molecule has 8 nitrogen and oxygen atoms in total. The quantitative estimate of drug-likeness (QED) is 0.238. The van der Waals surface area contributed by atoms with Gasteiger partial charge in [0.05, 0.1) is 24.1 Å². The van der Waals surface area contributed by atoms with Gasteiger partial charge < -0.3 is 29.6 Å². The van der Waals surface area contributed by atoms with Crippen LogP contribution >= 0.6 is 0 Å². The number of nitrogens with zero attached hydrogens (tertiary/aromatic N) is 2. The Morgan fingerprint density at radius 2 is 1.67 bits per heavy atom. The lowest BCUT2D eigenvalue weighted by atomic mass is 9.85. The van der Waals surface area contributed by atoms with E-state index in [9.17, 15) is 14.7 Å². The molecule has 1 unspecified atom stereocenters. The number of methoxy groups -OCH3 is 1. The van der Waals surface area contributed by atoms with Crippen LogP contribution in [0.3, 0.4) is 0 Å². The first kappa shape index (κ1) is 27.4. The zero-order valence-corrected chi connectivity index (χ0v) is 24.0. The van der Waals surface area contributed by atoms with Crippen molar-refractivity contribution in [3.8, 4) is 11.5 Å². The SMILES string of the molecule is COc1ccc(C(c2[nH]c3ccccc3c2CCNC(=O)N2CCCCC2)c2c(O)c3ccccc3n(C)c2=O)cc1. The molecule has 1 saturated heterocycles. The van der Waals surface area contributed by atoms with E-state index in [4.69, 9.17) is 4.74 Å². The molecule has 8 heteroatoms. The van der Waals surface area contributed by atoms with Crippen molar-refractivity contribution in [1.82, 2.24) is 19.8 Å². The average Bonchev–Trinajstić information content (AvgIpc) is 3.40. The van der Waals surface area contributed by atoms with Crippen LogP contribution in [0.5, 0.6) is 11.5 Å². The summed E-state index contributed by atoms with van der Waals surface area (Å²) >= 11 is 0. The van der Waals surface area contributed by atoms with Crippen molar-refractivity contribution in [3.05, 3.63) is 106 Å². The Bertz CT molecular complexity index is 1800. The number of hydrogen-bond donors (Lipinski definition) is 3. The maximum absolute atomic E-state index is 14.0. The minimum atomic E-state index is -0.598. The van der Waals surface area contributed by atoms with Gasteiger partial charge in [-0.3, -0.25) is 4.79 Å². The van der Waals surface area contributed by atoms with Gasteiger partial charge in [0.2, 0.25) is 0 Å². The first-order valence-corrected chi connectivity index (χ1v) is 14.5. The zero-order chi connectivity index (χ0) is 29.2. The van der Waals surface area contributed by atoms with Crippen LogP contribution in [0, 0.1) is 0 Å². The van der Waals surface area contributed by atoms with Crippen molar-refractivity contribution in [3.63, 3.8) is 0 Å². The van der Waals surface area contributed by atoms with Crippen LogP contribution < -0.4 is 15.6 Å². The molecule has 3 N–H and O–H groups in total. The number of carbonyl (C=O) groups is 1. The number of amides is 2. The topological polar surface area (TPSA) is 99.6 Å². The van der Waals surface area contributed by atoms with E-state index < -0.39 is 5.92 Å². The monoisotopic (exact) mass is 564 g/mol. The molecule has 3 aromatic carbocycles. The van der Waals surface area contributed by atoms with Gasteiger partial charge in [-0.15, -0.1) is 0 Å². The third-order valence-corrected chi connectivity index (χ3v) is 8.48. The second-order valence-electron chi connectivity index (χ2n) is 10.9. The number of fused-ring (bicyclic) bond motifs is 2. The van der Waals surface area contributed by atoms with E-state index in [1.165, 1.54) is 0 Å². The van der Waals surface area contributed by atoms with Gasteiger partial charge in [0.25, 0.3) is 5.56 Å². The molecule has 0 spiro atoms. The van der Waals surface area contributed by atoms with Crippen LogP contribution in [0.1, 0.15) is 47.6 Å². The van der Waals surface area contributed by atoms with Crippen molar-refractivity contribution in [2.45, 2.75) is 31.6 Å². The van der Waals surface area contributed by atoms with Crippen LogP contribution in [0.2, 0.25) is 0 Å². The summed E-state index contributed by atoms with van der Waals surface area (Å²) in [6.45, 7) is 2.02. The molecule has 42 heavy (non-hydrogen) atoms. The highest BCUT2D eigenvalue weighted by Crippen LogP contribution is 2.41. The number of aryl methyl sites for hydroxylation is 1. The number of rotatable bonds is 7. The molecular formula is C34H36N4O4. The first-order chi connectivity index (χ1) is 20.5. The molecule has 1 atom stereocenters. The van der Waals surface area contributed by atoms with Crippen LogP contribution in [-0.2, 0) is 13.5 Å². The summed E-state index contributed by atoms with van der Waals surface area (Å²) in [7, 11) is 3.35. The third-order valence-electron chi connectivity index (χ3n) is 8.48. The van der Waals surface area contributed by atoms with E-state index in [0.717, 1.165) is 60.1 Å². The molecule has 0 saturated carbocycles. The lowest BCUT2D eigenvalue weighted by molar-refractivity contribution is 0.186. The number of benzene rings is 3. The second-order valence-corrected chi connectivity index (χ2v) is 10.9. The number of piperidine rings is 1. The van der Waals surface area contributed by atoms with Gasteiger partial charge in [0, 0.05) is 48.7 Å². The van der Waals surface area contributed by atoms with Gasteiger partial charge in [-0.1, -0.05) is 42.5 Å². The van der Waals surface area contributed by atoms with Crippen LogP contribution in [0.25, 0.3) is 21.8 Å². The number of pyridine rings is 1. The molecule has 2 aromatic heterocycles. The summed E-state index contributed by atoms with van der Waals surface area (Å²) in [5.41, 5.74) is 4.27. The van der Waals surface area contributed by atoms with Crippen molar-refractivity contribution >= 4 is 27.8 Å². The largest absolute Gasteiger partial charge is 0.507 e. The molecule has 216 valence electrons. The number of aromatic hydroxyl groups is 1. The lowest BCUT2D eigenvalue weighted by Gasteiger charge is -2.27. The van der Waals surface area contributed by atoms with Crippen molar-refractivity contribution < 1.29 is 14.6 Å². The van der Waals surface area contributed by atoms with Crippen molar-refractivity contribution in [2.75, 3.05) is 26.7 Å². The Labute approximate surface area is 244 Å². The zero-order valence-electron chi connectivity index (χ0n) is 24.0. The molecule has 0 bridgehead atoms. The summed E-state index contributed by atoms with van der Waals surface area (Å²) in [6, 6.07) is 23.0. The molecular weight excluding hydrogens is 528 g/mol. The molecule has 6 rings (SSSR count). The van der Waals surface area contributed by atoms with E-state index in [1.807, 2.05) is 71.6 Å². The fourth-order valence-electron chi connectivity index (χ4n) is 6.28. The molecule has 0 aliphatic carbocycles. The number of ether oxygens (including phenoxy) is 1. The summed E-state index contributed by atoms with van der Waals surface area (Å²) in [5, 5.41) is 16.4. The highest BCUT2D eigenvalue weighted by Gasteiger charge is 2.30. The first-order valence-electron chi connectivity index (χ1n) is 14.5. The smallest absolute Gasteiger partial charge is 0.317 e. The Morgan fingerprint density at radius 1 is 0.976 bits per heavy atom. The van der Waals surface area contributed by atoms with Crippen LogP contribution in [-0.4, -0.2) is 52.3 Å². The number of nitrogens with one attached hydrogen (secondary N) is 2. The Hall–Kier alpha value is -4.72. The van der Waals surface area contributed by atoms with Gasteiger partial charge in [0.1, 0.15) is 11.5 Å². The number of carbonyl (C=O) groups excluding carboxylic acids is 1. The number of likely N-dealkylation sites (tertiary alicyclic amines) is 1. The number of urea groups is 1. The van der Waals surface area contributed by atoms with E-state index in [0.29, 0.717) is 35.2 Å². The normalized spacial score (nSPS) is 14.3. The van der Waals surface area contributed by atoms with Gasteiger partial charge >= 0.3 is 6.03 Å². The highest BCUT2D eigenvalue weighted by atomic mass is 16.5. The fraction of sp³-hybridized carbons (Fsp3) is 0.294. The van der Waals surface area contributed by atoms with E-state index in [1.54, 1.807) is 18.7 Å². The van der Waals surface area contributed by atoms with E-state index in [-0.39, 0.29) is 17.3 Å². The molecule has 1 aliphatic heterocycles. The van der Waals surface area contributed by atoms with Crippen molar-refractivity contribution in [2.24, 2.45) is 7.05 Å². The standard InChI is InChI=1S/C34H36N4O4/c1-37-28-13-7-5-11-26(28)32(39)30(33(37)40)29(22-14-16-23(42-2)17-15-22)31-25(24-10-4-6-12-27(24)36-31)18-19-35-34(41)38-20-8-3-9-21-38/h4-7,10-17,29,36,39H,3,8-9,18-21H2,1-2H3,(H,35,41). The predicted octanol–water partition coefficient (Wildman–Crippen LogP) is 5.65. The Balaban J connectivity index is 1.49. The van der Waals surface area contributed by atoms with Crippen LogP contribution in [0.15, 0.2) is 77.6 Å². The third kappa shape index (κ3) is 4.98. The minimum absolute atomic E-state index is 0.0301. The molecule has 2 amide bonds. The summed E-state index contributed by atoms with van der Waals surface area (Å²) < 4.78 is 7.01. The second kappa shape index (κ2) is 11.6. The van der Waals surface area contributed by atoms with Gasteiger partial charge in [-0.2, -0.15) is 0 Å². The molecule has 5 aromatic rings. The molecule has 0 radical (unpaired) electrons. The van der Waals surface area contributed by atoms with Gasteiger partial charge in [-0.25, -0.2) is 4.79 Å². The highest BCUT2D eigenvalue weighted by molar-refractivity contribution is 5.88. The molecule has 1 aliphatic rings. The fourth-order valence-corrected chi connectivity index (χ4v) is 6.28. The summed E-state index contributed by atoms with van der Waals surface area (Å²) in [4.78, 5) is 32.4. The van der Waals surface area contributed by atoms with Gasteiger partial charge in [0.15, 0.2) is 0 Å². The molecule has 3 heterocycles. The Morgan fingerprint density at radius 3 is 2.40 bits per heavy atom. The summed E-state index contributed by atoms with van der Waals surface area (Å²) in [6.07, 6.45) is 3.79.